The first-order valence-electron chi connectivity index (χ1n) is 0. The minimum Gasteiger partial charge on any atom is 0 e. The molecule has 0 saturated heterocycles. The minimum atomic E-state index is 0. The third kappa shape index (κ3) is 8.82. The van der Waals surface area contributed by atoms with Gasteiger partial charge in [-0.25, -0.2) is 0 Å². The Morgan fingerprint density at radius 2 is 1.00 bits per heavy atom. The predicted octanol–water partition coefficient (Wildman–Crippen LogP) is -1.52. The van der Waals surface area contributed by atoms with Gasteiger partial charge < -0.3 is 0 Å². The minimum absolute atomic E-state index is 0. The zero-order chi connectivity index (χ0) is 0. The van der Waals surface area contributed by atoms with E-state index in [0.29, 0.717) is 0 Å². The largest absolute Gasteiger partial charge is 0 e. The van der Waals surface area contributed by atoms with Crippen molar-refractivity contribution in [3.05, 3.63) is 0 Å². The van der Waals surface area contributed by atoms with Crippen molar-refractivity contribution in [3.63, 3.8) is 0 Å². The van der Waals surface area contributed by atoms with Crippen LogP contribution in [-0.4, -0.2) is 81.6 Å². The van der Waals surface area contributed by atoms with Crippen molar-refractivity contribution in [2.45, 2.75) is 0 Å². The molecule has 0 heterocycles. The van der Waals surface area contributed by atoms with E-state index in [4.69, 9.17) is 0 Å². The Morgan fingerprint density at radius 1 is 1.00 bits per heavy atom. The summed E-state index contributed by atoms with van der Waals surface area (Å²) in [6.07, 6.45) is 0. The summed E-state index contributed by atoms with van der Waals surface area (Å²) >= 11 is 0. The number of hydrogen-bond acceptors (Lipinski definition) is 0. The van der Waals surface area contributed by atoms with Gasteiger partial charge in [-0.1, -0.05) is 0 Å². The summed E-state index contributed by atoms with van der Waals surface area (Å²) in [5.74, 6) is 0. The Hall–Kier alpha value is 2.62. The normalized spacial score (nSPS) is 0. The van der Waals surface area contributed by atoms with Crippen LogP contribution in [0.2, 0.25) is 0 Å². The van der Waals surface area contributed by atoms with Gasteiger partial charge in [0.2, 0.25) is 0 Å². The van der Waals surface area contributed by atoms with Crippen molar-refractivity contribution in [2.75, 3.05) is 0 Å². The van der Waals surface area contributed by atoms with Gasteiger partial charge in [-0.05, 0) is 0 Å². The maximum atomic E-state index is 0. The molecule has 13 valence electrons. The molecule has 0 atom stereocenters. The van der Waals surface area contributed by atoms with E-state index in [1.807, 2.05) is 0 Å². The molecule has 0 fully saturated rings. The first-order valence-corrected chi connectivity index (χ1v) is 0. The SMILES string of the molecule is [Ga].[In].[Li].[Se]. The third-order valence-electron chi connectivity index (χ3n) is 0. The Morgan fingerprint density at radius 3 is 1.00 bits per heavy atom. The number of rotatable bonds is 0. The molecule has 0 rings (SSSR count). The van der Waals surface area contributed by atoms with Gasteiger partial charge in [0.25, 0.3) is 0 Å². The summed E-state index contributed by atoms with van der Waals surface area (Å²) in [7, 11) is 0. The van der Waals surface area contributed by atoms with Crippen LogP contribution in [0.15, 0.2) is 0 Å². The molecule has 9 radical (unpaired) electrons. The van der Waals surface area contributed by atoms with Gasteiger partial charge in [-0.15, -0.1) is 0 Å². The summed E-state index contributed by atoms with van der Waals surface area (Å²) in [5, 5.41) is 0. The smallest absolute Gasteiger partial charge is 0 e. The third-order valence-corrected chi connectivity index (χ3v) is 0. The molecule has 0 aliphatic heterocycles. The molecule has 4 heavy (non-hydrogen) atoms. The Balaban J connectivity index is 0. The van der Waals surface area contributed by atoms with Gasteiger partial charge in [0.1, 0.15) is 0 Å². The van der Waals surface area contributed by atoms with Gasteiger partial charge in [0, 0.05) is 81.6 Å². The van der Waals surface area contributed by atoms with Crippen molar-refractivity contribution >= 4 is 81.6 Å². The molecule has 0 amide bonds. The molecule has 0 nitrogen and oxygen atoms in total. The Labute approximate surface area is 80.3 Å². The summed E-state index contributed by atoms with van der Waals surface area (Å²) < 4.78 is 0. The molecule has 0 aromatic carbocycles. The molecule has 0 aliphatic carbocycles. The van der Waals surface area contributed by atoms with Crippen LogP contribution < -0.4 is 0 Å². The van der Waals surface area contributed by atoms with Gasteiger partial charge in [-0.2, -0.15) is 0 Å². The zero-order valence-corrected chi connectivity index (χ0v) is 9.99. The topological polar surface area (TPSA) is 0 Å². The average Bonchev–Trinajstić information content (AvgIpc) is 0. The Kier molecular flexibility index (Phi) is 133. The van der Waals surface area contributed by atoms with Crippen molar-refractivity contribution < 1.29 is 0 Å². The fraction of sp³-hybridized carbons (Fsp3) is 0. The van der Waals surface area contributed by atoms with Crippen LogP contribution in [0, 0.1) is 0 Å². The van der Waals surface area contributed by atoms with E-state index in [2.05, 4.69) is 0 Å². The second-order valence-electron chi connectivity index (χ2n) is 0. The fourth-order valence-corrected chi connectivity index (χ4v) is 0. The van der Waals surface area contributed by atoms with Gasteiger partial charge >= 0.3 is 0 Å². The fourth-order valence-electron chi connectivity index (χ4n) is 0. The van der Waals surface area contributed by atoms with Crippen LogP contribution in [-0.2, 0) is 0 Å². The van der Waals surface area contributed by atoms with Crippen LogP contribution >= 0.6 is 0 Å². The molecular formula is GaInLiSe. The quantitative estimate of drug-likeness (QED) is 0.469. The van der Waals surface area contributed by atoms with E-state index >= 15 is 0 Å². The maximum absolute atomic E-state index is 0. The van der Waals surface area contributed by atoms with E-state index in [0.717, 1.165) is 0 Å². The van der Waals surface area contributed by atoms with Crippen LogP contribution in [0.25, 0.3) is 0 Å². The van der Waals surface area contributed by atoms with Crippen molar-refractivity contribution in [3.8, 4) is 0 Å². The van der Waals surface area contributed by atoms with Crippen LogP contribution in [0.1, 0.15) is 0 Å². The first-order chi connectivity index (χ1) is 0. The molecular weight excluding hydrogens is 270 g/mol. The van der Waals surface area contributed by atoms with E-state index in [-0.39, 0.29) is 81.6 Å². The van der Waals surface area contributed by atoms with Crippen molar-refractivity contribution in [1.82, 2.24) is 0 Å². The van der Waals surface area contributed by atoms with E-state index in [9.17, 15) is 0 Å². The summed E-state index contributed by atoms with van der Waals surface area (Å²) in [5.41, 5.74) is 0. The molecule has 0 unspecified atom stereocenters. The monoisotopic (exact) mass is 271 g/mol. The van der Waals surface area contributed by atoms with E-state index < -0.39 is 0 Å². The van der Waals surface area contributed by atoms with E-state index in [1.54, 1.807) is 0 Å². The summed E-state index contributed by atoms with van der Waals surface area (Å²) in [6, 6.07) is 0. The van der Waals surface area contributed by atoms with Crippen LogP contribution in [0.4, 0.5) is 0 Å². The van der Waals surface area contributed by atoms with E-state index in [1.165, 1.54) is 0 Å². The maximum Gasteiger partial charge on any atom is 0 e. The average molecular weight is 270 g/mol. The van der Waals surface area contributed by atoms with Gasteiger partial charge in [0.05, 0.1) is 0 Å². The molecule has 0 aliphatic rings. The molecule has 0 aromatic heterocycles. The molecule has 0 spiro atoms. The first kappa shape index (κ1) is 30.4. The number of hydrogen-bond donors (Lipinski definition) is 0. The van der Waals surface area contributed by atoms with Crippen LogP contribution in [0.3, 0.4) is 0 Å². The van der Waals surface area contributed by atoms with Gasteiger partial charge in [0.15, 0.2) is 0 Å². The molecule has 4 heteroatoms. The van der Waals surface area contributed by atoms with Crippen LogP contribution in [0.5, 0.6) is 0 Å². The molecule has 0 aromatic rings. The molecule has 0 saturated carbocycles. The summed E-state index contributed by atoms with van der Waals surface area (Å²) in [6.45, 7) is 0. The standard InChI is InChI=1S/Ga.In.Li.Se. The van der Waals surface area contributed by atoms with Crippen molar-refractivity contribution in [1.29, 1.82) is 0 Å². The molecule has 0 bridgehead atoms. The second kappa shape index (κ2) is 17.5. The molecule has 0 N–H and O–H groups in total. The predicted molar refractivity (Wildman–Crippen MR) is 23.0 cm³/mol. The second-order valence-corrected chi connectivity index (χ2v) is 0. The van der Waals surface area contributed by atoms with Gasteiger partial charge in [-0.3, -0.25) is 0 Å². The van der Waals surface area contributed by atoms with Crippen molar-refractivity contribution in [2.24, 2.45) is 0 Å². The summed E-state index contributed by atoms with van der Waals surface area (Å²) in [4.78, 5) is 0. The zero-order valence-electron chi connectivity index (χ0n) is 2.56. The Bertz CT molecular complexity index is 8.00.